The van der Waals surface area contributed by atoms with E-state index in [1.807, 2.05) is 49.5 Å². The van der Waals surface area contributed by atoms with Crippen LogP contribution >= 0.6 is 11.8 Å². The van der Waals surface area contributed by atoms with Crippen LogP contribution in [0.25, 0.3) is 10.9 Å². The molecule has 0 fully saturated rings. The highest BCUT2D eigenvalue weighted by Crippen LogP contribution is 2.36. The van der Waals surface area contributed by atoms with E-state index in [9.17, 15) is 4.79 Å². The average Bonchev–Trinajstić information content (AvgIpc) is 2.89. The molecular formula is C30H37N5O2S. The Balaban J connectivity index is 1.70. The minimum Gasteiger partial charge on any atom is -0.491 e. The molecule has 1 amide bonds. The summed E-state index contributed by atoms with van der Waals surface area (Å²) >= 11 is 1.48. The van der Waals surface area contributed by atoms with E-state index >= 15 is 0 Å². The summed E-state index contributed by atoms with van der Waals surface area (Å²) in [5, 5.41) is 11.1. The van der Waals surface area contributed by atoms with Gasteiger partial charge in [0.15, 0.2) is 5.16 Å². The lowest BCUT2D eigenvalue weighted by Crippen LogP contribution is -2.13. The summed E-state index contributed by atoms with van der Waals surface area (Å²) in [4.78, 5) is 22.2. The standard InChI is InChI=1S/C30H37N5O2S/c1-6-22-17-20(3)26(18-19(22)2)33-29-25-9-7-10-27(37-16-8-15-31-5)28(25)34-30(35-29)38-24-13-11-23(12-14-24)32-21(4)36/h7,9-14,18,22,31H,6,8,15-17H2,1-5H3,(H,32,36)(H,33,34,35). The van der Waals surface area contributed by atoms with Crippen molar-refractivity contribution in [2.75, 3.05) is 30.8 Å². The second kappa shape index (κ2) is 12.9. The van der Waals surface area contributed by atoms with Gasteiger partial charge in [0, 0.05) is 28.6 Å². The highest BCUT2D eigenvalue weighted by atomic mass is 32.2. The van der Waals surface area contributed by atoms with Gasteiger partial charge in [0.25, 0.3) is 0 Å². The van der Waals surface area contributed by atoms with Gasteiger partial charge in [-0.05, 0) is 112 Å². The molecule has 4 rings (SSSR count). The van der Waals surface area contributed by atoms with Crippen LogP contribution in [0, 0.1) is 5.92 Å². The number of hydrogen-bond donors (Lipinski definition) is 3. The Bertz CT molecular complexity index is 1350. The first-order valence-corrected chi connectivity index (χ1v) is 14.0. The van der Waals surface area contributed by atoms with Crippen LogP contribution < -0.4 is 20.7 Å². The fraction of sp³-hybridized carbons (Fsp3) is 0.367. The molecule has 7 nitrogen and oxygen atoms in total. The molecule has 1 heterocycles. The third-order valence-electron chi connectivity index (χ3n) is 6.66. The number of anilines is 2. The van der Waals surface area contributed by atoms with Crippen LogP contribution in [0.15, 0.2) is 75.4 Å². The molecule has 2 aromatic carbocycles. The number of nitrogens with one attached hydrogen (secondary N) is 3. The summed E-state index contributed by atoms with van der Waals surface area (Å²) in [6.07, 6.45) is 5.35. The Labute approximate surface area is 229 Å². The maximum Gasteiger partial charge on any atom is 0.221 e. The number of rotatable bonds is 11. The van der Waals surface area contributed by atoms with Crippen LogP contribution in [0.1, 0.15) is 47.0 Å². The number of nitrogens with zero attached hydrogens (tertiary/aromatic N) is 2. The van der Waals surface area contributed by atoms with Gasteiger partial charge >= 0.3 is 0 Å². The van der Waals surface area contributed by atoms with Crippen LogP contribution in [0.2, 0.25) is 0 Å². The van der Waals surface area contributed by atoms with Crippen molar-refractivity contribution < 1.29 is 9.53 Å². The third kappa shape index (κ3) is 6.94. The predicted octanol–water partition coefficient (Wildman–Crippen LogP) is 6.79. The first kappa shape index (κ1) is 27.7. The summed E-state index contributed by atoms with van der Waals surface area (Å²) in [7, 11) is 1.94. The second-order valence-corrected chi connectivity index (χ2v) is 10.7. The lowest BCUT2D eigenvalue weighted by atomic mass is 9.85. The zero-order valence-electron chi connectivity index (χ0n) is 22.9. The van der Waals surface area contributed by atoms with Crippen molar-refractivity contribution in [3.8, 4) is 5.75 Å². The van der Waals surface area contributed by atoms with Crippen LogP contribution in [0.3, 0.4) is 0 Å². The number of benzene rings is 2. The number of para-hydroxylation sites is 1. The first-order chi connectivity index (χ1) is 18.4. The Hall–Kier alpha value is -3.36. The van der Waals surface area contributed by atoms with Crippen LogP contribution in [0.4, 0.5) is 11.5 Å². The van der Waals surface area contributed by atoms with E-state index < -0.39 is 0 Å². The van der Waals surface area contributed by atoms with E-state index in [2.05, 4.69) is 42.8 Å². The molecule has 1 atom stereocenters. The average molecular weight is 532 g/mol. The van der Waals surface area contributed by atoms with Gasteiger partial charge in [0.2, 0.25) is 5.91 Å². The van der Waals surface area contributed by atoms with E-state index in [0.29, 0.717) is 17.7 Å². The summed E-state index contributed by atoms with van der Waals surface area (Å²) in [5.41, 5.74) is 5.36. The van der Waals surface area contributed by atoms with Gasteiger partial charge in [-0.25, -0.2) is 9.97 Å². The first-order valence-electron chi connectivity index (χ1n) is 13.2. The second-order valence-electron chi connectivity index (χ2n) is 9.64. The molecule has 3 aromatic rings. The van der Waals surface area contributed by atoms with Gasteiger partial charge in [-0.2, -0.15) is 0 Å². The highest BCUT2D eigenvalue weighted by Gasteiger charge is 2.19. The van der Waals surface area contributed by atoms with Crippen molar-refractivity contribution in [1.29, 1.82) is 0 Å². The number of ether oxygens (including phenoxy) is 1. The van der Waals surface area contributed by atoms with E-state index in [4.69, 9.17) is 14.7 Å². The largest absolute Gasteiger partial charge is 0.491 e. The Kier molecular flexibility index (Phi) is 9.42. The molecule has 0 radical (unpaired) electrons. The molecule has 0 spiro atoms. The number of carbonyl (C=O) groups excluding carboxylic acids is 1. The van der Waals surface area contributed by atoms with Gasteiger partial charge in [0.05, 0.1) is 6.61 Å². The minimum atomic E-state index is -0.0944. The fourth-order valence-corrected chi connectivity index (χ4v) is 5.31. The van der Waals surface area contributed by atoms with Gasteiger partial charge < -0.3 is 20.7 Å². The van der Waals surface area contributed by atoms with E-state index in [1.165, 1.54) is 29.8 Å². The van der Waals surface area contributed by atoms with Crippen molar-refractivity contribution in [2.24, 2.45) is 5.92 Å². The molecule has 200 valence electrons. The Morgan fingerprint density at radius 3 is 2.63 bits per heavy atom. The van der Waals surface area contributed by atoms with Crippen molar-refractivity contribution in [3.05, 3.63) is 65.4 Å². The van der Waals surface area contributed by atoms with Crippen molar-refractivity contribution in [2.45, 2.75) is 57.0 Å². The minimum absolute atomic E-state index is 0.0944. The number of hydrogen-bond acceptors (Lipinski definition) is 7. The molecular weight excluding hydrogens is 494 g/mol. The third-order valence-corrected chi connectivity index (χ3v) is 7.53. The van der Waals surface area contributed by atoms with Gasteiger partial charge in [-0.1, -0.05) is 18.6 Å². The SMILES string of the molecule is CCC1CC(C)=C(Nc2nc(Sc3ccc(NC(C)=O)cc3)nc3c(OCCCNC)cccc23)C=C1C. The van der Waals surface area contributed by atoms with Gasteiger partial charge in [-0.3, -0.25) is 4.79 Å². The summed E-state index contributed by atoms with van der Waals surface area (Å²) < 4.78 is 6.16. The zero-order chi connectivity index (χ0) is 27.1. The van der Waals surface area contributed by atoms with E-state index in [-0.39, 0.29) is 5.91 Å². The Morgan fingerprint density at radius 1 is 1.13 bits per heavy atom. The molecule has 0 bridgehead atoms. The molecule has 0 saturated heterocycles. The maximum atomic E-state index is 11.4. The molecule has 3 N–H and O–H groups in total. The lowest BCUT2D eigenvalue weighted by Gasteiger charge is -2.25. The molecule has 0 aliphatic heterocycles. The van der Waals surface area contributed by atoms with E-state index in [0.717, 1.165) is 64.6 Å². The number of carbonyl (C=O) groups is 1. The van der Waals surface area contributed by atoms with Crippen LogP contribution in [0.5, 0.6) is 5.75 Å². The number of amides is 1. The van der Waals surface area contributed by atoms with Crippen molar-refractivity contribution in [1.82, 2.24) is 15.3 Å². The topological polar surface area (TPSA) is 88.2 Å². The monoisotopic (exact) mass is 531 g/mol. The zero-order valence-corrected chi connectivity index (χ0v) is 23.7. The lowest BCUT2D eigenvalue weighted by molar-refractivity contribution is -0.114. The van der Waals surface area contributed by atoms with Gasteiger partial charge in [-0.15, -0.1) is 0 Å². The normalized spacial score (nSPS) is 15.4. The Morgan fingerprint density at radius 2 is 1.92 bits per heavy atom. The summed E-state index contributed by atoms with van der Waals surface area (Å²) in [6, 6.07) is 13.7. The molecule has 0 saturated carbocycles. The maximum absolute atomic E-state index is 11.4. The molecule has 38 heavy (non-hydrogen) atoms. The van der Waals surface area contributed by atoms with Gasteiger partial charge in [0.1, 0.15) is 17.1 Å². The summed E-state index contributed by atoms with van der Waals surface area (Å²) in [5.74, 6) is 2.01. The summed E-state index contributed by atoms with van der Waals surface area (Å²) in [6.45, 7) is 9.64. The molecule has 8 heteroatoms. The van der Waals surface area contributed by atoms with Crippen LogP contribution in [-0.4, -0.2) is 36.1 Å². The smallest absolute Gasteiger partial charge is 0.221 e. The number of aromatic nitrogens is 2. The number of allylic oxidation sites excluding steroid dienone is 3. The van der Waals surface area contributed by atoms with E-state index in [1.54, 1.807) is 0 Å². The molecule has 1 unspecified atom stereocenters. The molecule has 1 aromatic heterocycles. The molecule has 1 aliphatic carbocycles. The predicted molar refractivity (Wildman–Crippen MR) is 157 cm³/mol. The highest BCUT2D eigenvalue weighted by molar-refractivity contribution is 7.99. The van der Waals surface area contributed by atoms with Crippen LogP contribution in [-0.2, 0) is 4.79 Å². The van der Waals surface area contributed by atoms with Crippen molar-refractivity contribution >= 4 is 40.1 Å². The fourth-order valence-electron chi connectivity index (χ4n) is 4.55. The molecule has 1 aliphatic rings. The van der Waals surface area contributed by atoms with Crippen molar-refractivity contribution in [3.63, 3.8) is 0 Å². The quantitative estimate of drug-likeness (QED) is 0.185. The number of fused-ring (bicyclic) bond motifs is 1.